The van der Waals surface area contributed by atoms with Gasteiger partial charge in [0.2, 0.25) is 0 Å². The number of carbonyl (C=O) groups excluding carboxylic acids is 1. The number of carbonyl (C=O) groups is 1. The van der Waals surface area contributed by atoms with E-state index in [9.17, 15) is 9.59 Å². The number of amides is 2. The maximum absolute atomic E-state index is 12.7. The van der Waals surface area contributed by atoms with Gasteiger partial charge < -0.3 is 10.2 Å². The quantitative estimate of drug-likeness (QED) is 0.743. The molecule has 0 bridgehead atoms. The minimum atomic E-state index is -0.325. The minimum Gasteiger partial charge on any atom is -0.338 e. The molecular weight excluding hydrogens is 352 g/mol. The Morgan fingerprint density at radius 1 is 1.35 bits per heavy atom. The molecule has 1 aromatic carbocycles. The fourth-order valence-corrected chi connectivity index (χ4v) is 3.13. The molecular formula is C19H27ClN4O2. The minimum absolute atomic E-state index is 0.127. The Labute approximate surface area is 159 Å². The van der Waals surface area contributed by atoms with E-state index in [1.165, 1.54) is 4.57 Å². The maximum Gasteiger partial charge on any atom is 0.318 e. The summed E-state index contributed by atoms with van der Waals surface area (Å²) in [6.07, 6.45) is 2.78. The van der Waals surface area contributed by atoms with Gasteiger partial charge in [0.05, 0.1) is 16.9 Å². The third-order valence-electron chi connectivity index (χ3n) is 4.45. The van der Waals surface area contributed by atoms with E-state index in [0.29, 0.717) is 34.8 Å². The van der Waals surface area contributed by atoms with Crippen LogP contribution in [0.4, 0.5) is 4.79 Å². The van der Waals surface area contributed by atoms with E-state index in [2.05, 4.69) is 17.2 Å². The molecule has 0 aliphatic rings. The molecule has 6 nitrogen and oxygen atoms in total. The molecule has 1 atom stereocenters. The SMILES string of the molecule is CCCCNC(=O)N(CCC)C(C)c1nc2ccc(Cl)cc2c(=O)n1C. The maximum atomic E-state index is 12.7. The van der Waals surface area contributed by atoms with Crippen LogP contribution < -0.4 is 10.9 Å². The molecule has 1 N–H and O–H groups in total. The van der Waals surface area contributed by atoms with Crippen molar-refractivity contribution in [3.63, 3.8) is 0 Å². The first-order chi connectivity index (χ1) is 12.4. The first kappa shape index (κ1) is 20.2. The molecule has 0 spiro atoms. The molecule has 7 heteroatoms. The lowest BCUT2D eigenvalue weighted by Gasteiger charge is -2.29. The summed E-state index contributed by atoms with van der Waals surface area (Å²) >= 11 is 6.00. The molecule has 142 valence electrons. The number of urea groups is 1. The lowest BCUT2D eigenvalue weighted by atomic mass is 10.2. The number of nitrogens with zero attached hydrogens (tertiary/aromatic N) is 3. The molecule has 1 aromatic heterocycles. The van der Waals surface area contributed by atoms with Gasteiger partial charge in [-0.15, -0.1) is 0 Å². The standard InChI is InChI=1S/C19H27ClN4O2/c1-5-7-10-21-19(26)24(11-6-2)13(3)17-22-16-9-8-14(20)12-15(16)18(25)23(17)4/h8-9,12-13H,5-7,10-11H2,1-4H3,(H,21,26). The summed E-state index contributed by atoms with van der Waals surface area (Å²) in [7, 11) is 1.68. The van der Waals surface area contributed by atoms with Gasteiger partial charge in [-0.05, 0) is 38.0 Å². The van der Waals surface area contributed by atoms with E-state index in [-0.39, 0.29) is 17.6 Å². The molecule has 0 saturated heterocycles. The number of hydrogen-bond acceptors (Lipinski definition) is 3. The van der Waals surface area contributed by atoms with Crippen LogP contribution in [0, 0.1) is 0 Å². The van der Waals surface area contributed by atoms with Crippen molar-refractivity contribution < 1.29 is 4.79 Å². The lowest BCUT2D eigenvalue weighted by molar-refractivity contribution is 0.175. The molecule has 0 aliphatic carbocycles. The van der Waals surface area contributed by atoms with Gasteiger partial charge >= 0.3 is 6.03 Å². The monoisotopic (exact) mass is 378 g/mol. The Kier molecular flexibility index (Phi) is 7.03. The topological polar surface area (TPSA) is 67.2 Å². The van der Waals surface area contributed by atoms with Gasteiger partial charge in [0.1, 0.15) is 5.82 Å². The van der Waals surface area contributed by atoms with Gasteiger partial charge in [0, 0.05) is 25.2 Å². The third kappa shape index (κ3) is 4.36. The predicted molar refractivity (Wildman–Crippen MR) is 106 cm³/mol. The van der Waals surface area contributed by atoms with Gasteiger partial charge in [0.15, 0.2) is 0 Å². The van der Waals surface area contributed by atoms with Crippen LogP contribution in [0.2, 0.25) is 5.02 Å². The molecule has 2 rings (SSSR count). The van der Waals surface area contributed by atoms with Crippen LogP contribution in [0.1, 0.15) is 51.9 Å². The number of rotatable bonds is 7. The highest BCUT2D eigenvalue weighted by Crippen LogP contribution is 2.21. The Morgan fingerprint density at radius 3 is 2.73 bits per heavy atom. The highest BCUT2D eigenvalue weighted by molar-refractivity contribution is 6.31. The van der Waals surface area contributed by atoms with Gasteiger partial charge in [-0.2, -0.15) is 0 Å². The van der Waals surface area contributed by atoms with Crippen molar-refractivity contribution in [1.29, 1.82) is 0 Å². The predicted octanol–water partition coefficient (Wildman–Crippen LogP) is 3.87. The van der Waals surface area contributed by atoms with E-state index in [1.54, 1.807) is 30.1 Å². The number of halogens is 1. The van der Waals surface area contributed by atoms with Crippen LogP contribution in [0.15, 0.2) is 23.0 Å². The zero-order valence-electron chi connectivity index (χ0n) is 15.9. The van der Waals surface area contributed by atoms with Crippen LogP contribution in [-0.4, -0.2) is 33.6 Å². The molecule has 26 heavy (non-hydrogen) atoms. The van der Waals surface area contributed by atoms with Crippen molar-refractivity contribution in [3.05, 3.63) is 39.4 Å². The first-order valence-electron chi connectivity index (χ1n) is 9.11. The summed E-state index contributed by atoms with van der Waals surface area (Å²) in [6, 6.07) is 4.63. The third-order valence-corrected chi connectivity index (χ3v) is 4.68. The van der Waals surface area contributed by atoms with Crippen LogP contribution in [0.5, 0.6) is 0 Å². The Bertz CT molecular complexity index is 834. The molecule has 2 aromatic rings. The second-order valence-corrected chi connectivity index (χ2v) is 6.89. The summed E-state index contributed by atoms with van der Waals surface area (Å²) in [4.78, 5) is 31.7. The van der Waals surface area contributed by atoms with E-state index in [1.807, 2.05) is 13.8 Å². The van der Waals surface area contributed by atoms with E-state index < -0.39 is 0 Å². The van der Waals surface area contributed by atoms with Crippen LogP contribution in [0.3, 0.4) is 0 Å². The van der Waals surface area contributed by atoms with Crippen molar-refractivity contribution in [2.24, 2.45) is 7.05 Å². The average Bonchev–Trinajstić information content (AvgIpc) is 2.62. The van der Waals surface area contributed by atoms with Crippen molar-refractivity contribution >= 4 is 28.5 Å². The van der Waals surface area contributed by atoms with Crippen molar-refractivity contribution in [2.45, 2.75) is 46.1 Å². The summed E-state index contributed by atoms with van der Waals surface area (Å²) in [6.45, 7) is 7.24. The van der Waals surface area contributed by atoms with E-state index >= 15 is 0 Å². The lowest BCUT2D eigenvalue weighted by Crippen LogP contribution is -2.43. The molecule has 0 fully saturated rings. The zero-order chi connectivity index (χ0) is 19.3. The molecule has 0 radical (unpaired) electrons. The number of unbranched alkanes of at least 4 members (excludes halogenated alkanes) is 1. The summed E-state index contributed by atoms with van der Waals surface area (Å²) < 4.78 is 1.51. The van der Waals surface area contributed by atoms with E-state index in [4.69, 9.17) is 11.6 Å². The van der Waals surface area contributed by atoms with Gasteiger partial charge in [-0.25, -0.2) is 9.78 Å². The van der Waals surface area contributed by atoms with Crippen molar-refractivity contribution in [3.8, 4) is 0 Å². The number of aromatic nitrogens is 2. The van der Waals surface area contributed by atoms with Gasteiger partial charge in [0.25, 0.3) is 5.56 Å². The smallest absolute Gasteiger partial charge is 0.318 e. The molecule has 0 saturated carbocycles. The summed E-state index contributed by atoms with van der Waals surface area (Å²) in [5.74, 6) is 0.559. The Balaban J connectivity index is 2.40. The molecule has 1 heterocycles. The highest BCUT2D eigenvalue weighted by atomic mass is 35.5. The highest BCUT2D eigenvalue weighted by Gasteiger charge is 2.24. The van der Waals surface area contributed by atoms with Crippen LogP contribution >= 0.6 is 11.6 Å². The van der Waals surface area contributed by atoms with E-state index in [0.717, 1.165) is 19.3 Å². The first-order valence-corrected chi connectivity index (χ1v) is 9.49. The average molecular weight is 379 g/mol. The molecule has 0 aliphatic heterocycles. The largest absolute Gasteiger partial charge is 0.338 e. The zero-order valence-corrected chi connectivity index (χ0v) is 16.6. The van der Waals surface area contributed by atoms with Crippen LogP contribution in [-0.2, 0) is 7.05 Å². The molecule has 1 unspecified atom stereocenters. The number of hydrogen-bond donors (Lipinski definition) is 1. The molecule has 2 amide bonds. The van der Waals surface area contributed by atoms with Crippen molar-refractivity contribution in [1.82, 2.24) is 19.8 Å². The van der Waals surface area contributed by atoms with Gasteiger partial charge in [-0.3, -0.25) is 9.36 Å². The fraction of sp³-hybridized carbons (Fsp3) is 0.526. The van der Waals surface area contributed by atoms with Gasteiger partial charge in [-0.1, -0.05) is 31.9 Å². The number of nitrogens with one attached hydrogen (secondary N) is 1. The summed E-state index contributed by atoms with van der Waals surface area (Å²) in [5.41, 5.74) is 0.421. The fourth-order valence-electron chi connectivity index (χ4n) is 2.96. The summed E-state index contributed by atoms with van der Waals surface area (Å²) in [5, 5.41) is 3.93. The number of fused-ring (bicyclic) bond motifs is 1. The normalized spacial score (nSPS) is 12.2. The number of benzene rings is 1. The second kappa shape index (κ2) is 9.03. The Hall–Kier alpha value is -2.08. The Morgan fingerprint density at radius 2 is 2.08 bits per heavy atom. The van der Waals surface area contributed by atoms with Crippen LogP contribution in [0.25, 0.3) is 10.9 Å². The second-order valence-electron chi connectivity index (χ2n) is 6.45. The van der Waals surface area contributed by atoms with Crippen molar-refractivity contribution in [2.75, 3.05) is 13.1 Å².